The zero-order chi connectivity index (χ0) is 15.4. The molecule has 0 bridgehead atoms. The molecule has 0 spiro atoms. The Hall–Kier alpha value is -2.67. The van der Waals surface area contributed by atoms with E-state index in [9.17, 15) is 14.9 Å². The number of hydrogen-bond donors (Lipinski definition) is 1. The van der Waals surface area contributed by atoms with Gasteiger partial charge in [-0.1, -0.05) is 17.7 Å². The van der Waals surface area contributed by atoms with Crippen molar-refractivity contribution in [3.63, 3.8) is 0 Å². The predicted molar refractivity (Wildman–Crippen MR) is 76.8 cm³/mol. The van der Waals surface area contributed by atoms with Crippen molar-refractivity contribution in [2.45, 2.75) is 0 Å². The van der Waals surface area contributed by atoms with Gasteiger partial charge in [-0.05, 0) is 24.3 Å². The zero-order valence-electron chi connectivity index (χ0n) is 10.9. The third-order valence-corrected chi connectivity index (χ3v) is 2.79. The monoisotopic (exact) mass is 307 g/mol. The Labute approximate surface area is 124 Å². The number of nitrogens with one attached hydrogen (secondary N) is 1. The highest BCUT2D eigenvalue weighted by atomic mass is 35.5. The van der Waals surface area contributed by atoms with Crippen molar-refractivity contribution >= 4 is 28.9 Å². The summed E-state index contributed by atoms with van der Waals surface area (Å²) >= 11 is 5.70. The smallest absolute Gasteiger partial charge is 0.312 e. The van der Waals surface area contributed by atoms with Crippen LogP contribution in [0.1, 0.15) is 10.5 Å². The molecule has 0 aliphatic heterocycles. The van der Waals surface area contributed by atoms with Crippen molar-refractivity contribution in [3.05, 3.63) is 57.4 Å². The summed E-state index contributed by atoms with van der Waals surface area (Å²) in [7, 11) is 1.33. The van der Waals surface area contributed by atoms with Crippen LogP contribution in [0.15, 0.2) is 36.4 Å². The molecule has 0 aliphatic carbocycles. The maximum Gasteiger partial charge on any atom is 0.312 e. The molecule has 0 aliphatic rings. The van der Waals surface area contributed by atoms with Crippen molar-refractivity contribution in [3.8, 4) is 5.75 Å². The van der Waals surface area contributed by atoms with Crippen LogP contribution in [0.5, 0.6) is 5.75 Å². The lowest BCUT2D eigenvalue weighted by Crippen LogP contribution is -2.13. The fraction of sp³-hybridized carbons (Fsp3) is 0.0769. The molecule has 0 radical (unpaired) electrons. The van der Waals surface area contributed by atoms with Gasteiger partial charge < -0.3 is 10.1 Å². The van der Waals surface area contributed by atoms with Crippen LogP contribution in [0.25, 0.3) is 0 Å². The molecule has 1 aromatic heterocycles. The minimum Gasteiger partial charge on any atom is -0.490 e. The van der Waals surface area contributed by atoms with Crippen molar-refractivity contribution in [2.24, 2.45) is 0 Å². The number of carbonyl (C=O) groups is 1. The largest absolute Gasteiger partial charge is 0.490 e. The second-order valence-corrected chi connectivity index (χ2v) is 4.33. The second-order valence-electron chi connectivity index (χ2n) is 3.94. The molecule has 0 saturated carbocycles. The number of anilines is 1. The number of nitro groups is 1. The van der Waals surface area contributed by atoms with Crippen LogP contribution >= 0.6 is 11.6 Å². The number of ether oxygens (including phenoxy) is 1. The summed E-state index contributed by atoms with van der Waals surface area (Å²) in [6.07, 6.45) is 0. The standard InChI is InChI=1S/C13H10ClN3O4/c1-21-11-6-5-8(7-10(11)17(19)20)15-13(18)9-3-2-4-12(14)16-9/h2-7H,1H3,(H,15,18). The van der Waals surface area contributed by atoms with E-state index in [-0.39, 0.29) is 28.0 Å². The van der Waals surface area contributed by atoms with Gasteiger partial charge >= 0.3 is 5.69 Å². The van der Waals surface area contributed by atoms with E-state index in [0.717, 1.165) is 0 Å². The molecule has 1 aromatic carbocycles. The summed E-state index contributed by atoms with van der Waals surface area (Å²) < 4.78 is 4.88. The van der Waals surface area contributed by atoms with Gasteiger partial charge in [-0.3, -0.25) is 14.9 Å². The zero-order valence-corrected chi connectivity index (χ0v) is 11.6. The van der Waals surface area contributed by atoms with Crippen molar-refractivity contribution in [1.29, 1.82) is 0 Å². The van der Waals surface area contributed by atoms with Crippen LogP contribution in [-0.4, -0.2) is 22.9 Å². The molecule has 1 amide bonds. The lowest BCUT2D eigenvalue weighted by Gasteiger charge is -2.07. The van der Waals surface area contributed by atoms with Gasteiger partial charge in [0.15, 0.2) is 5.75 Å². The molecule has 7 nitrogen and oxygen atoms in total. The Morgan fingerprint density at radius 3 is 2.76 bits per heavy atom. The van der Waals surface area contributed by atoms with Gasteiger partial charge in [0.1, 0.15) is 10.8 Å². The number of carbonyl (C=O) groups excluding carboxylic acids is 1. The molecule has 1 N–H and O–H groups in total. The first-order valence-electron chi connectivity index (χ1n) is 5.77. The number of pyridine rings is 1. The number of rotatable bonds is 4. The van der Waals surface area contributed by atoms with Gasteiger partial charge in [-0.25, -0.2) is 4.98 Å². The van der Waals surface area contributed by atoms with E-state index in [2.05, 4.69) is 10.3 Å². The first-order chi connectivity index (χ1) is 10.0. The number of nitrogens with zero attached hydrogens (tertiary/aromatic N) is 2. The number of hydrogen-bond acceptors (Lipinski definition) is 5. The van der Waals surface area contributed by atoms with Crippen LogP contribution in [0, 0.1) is 10.1 Å². The number of amides is 1. The van der Waals surface area contributed by atoms with Gasteiger partial charge in [0.05, 0.1) is 12.0 Å². The molecule has 21 heavy (non-hydrogen) atoms. The van der Waals surface area contributed by atoms with Crippen LogP contribution in [0.4, 0.5) is 11.4 Å². The van der Waals surface area contributed by atoms with Gasteiger partial charge in [0.25, 0.3) is 5.91 Å². The van der Waals surface area contributed by atoms with Crippen LogP contribution in [0.3, 0.4) is 0 Å². The summed E-state index contributed by atoms with van der Waals surface area (Å²) in [5, 5.41) is 13.6. The Morgan fingerprint density at radius 1 is 1.38 bits per heavy atom. The van der Waals surface area contributed by atoms with E-state index in [1.54, 1.807) is 6.07 Å². The Bertz CT molecular complexity index is 706. The molecule has 2 aromatic rings. The van der Waals surface area contributed by atoms with Crippen molar-refractivity contribution in [1.82, 2.24) is 4.98 Å². The van der Waals surface area contributed by atoms with E-state index < -0.39 is 10.8 Å². The lowest BCUT2D eigenvalue weighted by molar-refractivity contribution is -0.385. The number of aromatic nitrogens is 1. The Balaban J connectivity index is 2.25. The highest BCUT2D eigenvalue weighted by molar-refractivity contribution is 6.29. The second kappa shape index (κ2) is 6.19. The maximum absolute atomic E-state index is 12.0. The van der Waals surface area contributed by atoms with E-state index in [4.69, 9.17) is 16.3 Å². The Kier molecular flexibility index (Phi) is 4.34. The van der Waals surface area contributed by atoms with Crippen LogP contribution in [0.2, 0.25) is 5.15 Å². The highest BCUT2D eigenvalue weighted by Crippen LogP contribution is 2.29. The summed E-state index contributed by atoms with van der Waals surface area (Å²) in [5.41, 5.74) is 0.129. The highest BCUT2D eigenvalue weighted by Gasteiger charge is 2.16. The van der Waals surface area contributed by atoms with E-state index in [1.165, 1.54) is 37.4 Å². The maximum atomic E-state index is 12.0. The molecule has 2 rings (SSSR count). The third kappa shape index (κ3) is 3.46. The van der Waals surface area contributed by atoms with Gasteiger partial charge in [-0.2, -0.15) is 0 Å². The SMILES string of the molecule is COc1ccc(NC(=O)c2cccc(Cl)n2)cc1[N+](=O)[O-]. The first-order valence-corrected chi connectivity index (χ1v) is 6.15. The topological polar surface area (TPSA) is 94.4 Å². The average molecular weight is 308 g/mol. The van der Waals surface area contributed by atoms with E-state index in [0.29, 0.717) is 0 Å². The van der Waals surface area contributed by atoms with E-state index >= 15 is 0 Å². The summed E-state index contributed by atoms with van der Waals surface area (Å²) in [6, 6.07) is 8.71. The quantitative estimate of drug-likeness (QED) is 0.532. The van der Waals surface area contributed by atoms with E-state index in [1.807, 2.05) is 0 Å². The van der Waals surface area contributed by atoms with Gasteiger partial charge in [-0.15, -0.1) is 0 Å². The molecule has 0 unspecified atom stereocenters. The minimum absolute atomic E-state index is 0.110. The number of benzene rings is 1. The molecule has 0 fully saturated rings. The molecule has 1 heterocycles. The molecular formula is C13H10ClN3O4. The molecule has 0 atom stereocenters. The molecular weight excluding hydrogens is 298 g/mol. The van der Waals surface area contributed by atoms with Gasteiger partial charge in [0, 0.05) is 11.8 Å². The van der Waals surface area contributed by atoms with Crippen LogP contribution < -0.4 is 10.1 Å². The number of methoxy groups -OCH3 is 1. The fourth-order valence-electron chi connectivity index (χ4n) is 1.64. The number of nitro benzene ring substituents is 1. The summed E-state index contributed by atoms with van der Waals surface area (Å²) in [6.45, 7) is 0. The third-order valence-electron chi connectivity index (χ3n) is 2.58. The lowest BCUT2D eigenvalue weighted by atomic mass is 10.2. The number of halogens is 1. The normalized spacial score (nSPS) is 10.0. The van der Waals surface area contributed by atoms with Gasteiger partial charge in [0.2, 0.25) is 0 Å². The summed E-state index contributed by atoms with van der Waals surface area (Å²) in [4.78, 5) is 26.1. The predicted octanol–water partition coefficient (Wildman–Crippen LogP) is 2.90. The molecule has 0 saturated heterocycles. The molecule has 8 heteroatoms. The van der Waals surface area contributed by atoms with Crippen LogP contribution in [-0.2, 0) is 0 Å². The minimum atomic E-state index is -0.591. The fourth-order valence-corrected chi connectivity index (χ4v) is 1.80. The molecule has 108 valence electrons. The van der Waals surface area contributed by atoms with Crippen molar-refractivity contribution < 1.29 is 14.5 Å². The van der Waals surface area contributed by atoms with Crippen molar-refractivity contribution in [2.75, 3.05) is 12.4 Å². The summed E-state index contributed by atoms with van der Waals surface area (Å²) in [5.74, 6) is -0.407. The average Bonchev–Trinajstić information content (AvgIpc) is 2.47. The first kappa shape index (κ1) is 14.7. The Morgan fingerprint density at radius 2 is 2.14 bits per heavy atom.